The van der Waals surface area contributed by atoms with Gasteiger partial charge in [-0.1, -0.05) is 0 Å². The molecule has 1 saturated heterocycles. The number of aromatic nitrogens is 2. The summed E-state index contributed by atoms with van der Waals surface area (Å²) >= 11 is 0. The zero-order valence-corrected chi connectivity index (χ0v) is 13.9. The summed E-state index contributed by atoms with van der Waals surface area (Å²) in [5.41, 5.74) is 0.764. The minimum atomic E-state index is -0.00887. The number of carbonyl (C=O) groups is 1. The molecular weight excluding hydrogens is 280 g/mol. The monoisotopic (exact) mass is 308 g/mol. The van der Waals surface area contributed by atoms with Gasteiger partial charge in [-0.05, 0) is 46.0 Å². The minimum absolute atomic E-state index is 0.00887. The number of hydrogen-bond donors (Lipinski definition) is 1. The van der Waals surface area contributed by atoms with Crippen molar-refractivity contribution >= 4 is 11.7 Å². The Bertz CT molecular complexity index is 472. The third kappa shape index (κ3) is 4.47. The van der Waals surface area contributed by atoms with Crippen LogP contribution in [0.1, 0.15) is 52.0 Å². The van der Waals surface area contributed by atoms with Gasteiger partial charge in [0.1, 0.15) is 0 Å². The maximum absolute atomic E-state index is 12.5. The summed E-state index contributed by atoms with van der Waals surface area (Å²) in [6, 6.07) is 0.608. The predicted octanol–water partition coefficient (Wildman–Crippen LogP) is 3.28. The summed E-state index contributed by atoms with van der Waals surface area (Å²) in [5, 5.41) is 7.24. The van der Waals surface area contributed by atoms with Gasteiger partial charge in [-0.3, -0.25) is 4.68 Å². The normalized spacial score (nSPS) is 18.7. The summed E-state index contributed by atoms with van der Waals surface area (Å²) in [4.78, 5) is 14.5. The van der Waals surface area contributed by atoms with Crippen molar-refractivity contribution < 1.29 is 9.53 Å². The molecule has 6 nitrogen and oxygen atoms in total. The molecule has 1 aromatic heterocycles. The van der Waals surface area contributed by atoms with Crippen LogP contribution in [0.5, 0.6) is 0 Å². The number of piperidine rings is 1. The summed E-state index contributed by atoms with van der Waals surface area (Å²) in [7, 11) is 1.72. The number of urea groups is 1. The molecule has 6 heteroatoms. The first-order valence-corrected chi connectivity index (χ1v) is 8.22. The molecule has 0 saturated carbocycles. The second-order valence-corrected chi connectivity index (χ2v) is 6.21. The average molecular weight is 308 g/mol. The van der Waals surface area contributed by atoms with Crippen LogP contribution in [0.25, 0.3) is 0 Å². The Kier molecular flexibility index (Phi) is 6.24. The van der Waals surface area contributed by atoms with E-state index in [4.69, 9.17) is 4.74 Å². The van der Waals surface area contributed by atoms with E-state index in [9.17, 15) is 4.79 Å². The van der Waals surface area contributed by atoms with Crippen LogP contribution in [0, 0.1) is 0 Å². The van der Waals surface area contributed by atoms with E-state index < -0.39 is 0 Å². The standard InChI is InChI=1S/C16H28N4O2/c1-13(2)20-12-14(11-17-20)18-16(21)19-9-5-4-7-15(19)8-6-10-22-3/h11-13,15H,4-10H2,1-3H3,(H,18,21). The maximum Gasteiger partial charge on any atom is 0.322 e. The highest BCUT2D eigenvalue weighted by atomic mass is 16.5. The van der Waals surface area contributed by atoms with Gasteiger partial charge in [-0.25, -0.2) is 4.79 Å². The van der Waals surface area contributed by atoms with E-state index in [2.05, 4.69) is 24.3 Å². The van der Waals surface area contributed by atoms with Gasteiger partial charge in [0.2, 0.25) is 0 Å². The molecule has 1 unspecified atom stereocenters. The molecule has 0 spiro atoms. The molecule has 1 aromatic rings. The van der Waals surface area contributed by atoms with Crippen molar-refractivity contribution in [1.82, 2.24) is 14.7 Å². The average Bonchev–Trinajstić information content (AvgIpc) is 2.97. The Balaban J connectivity index is 1.92. The van der Waals surface area contributed by atoms with E-state index in [0.29, 0.717) is 12.1 Å². The summed E-state index contributed by atoms with van der Waals surface area (Å²) in [6.45, 7) is 5.72. The largest absolute Gasteiger partial charge is 0.385 e. The molecule has 1 N–H and O–H groups in total. The maximum atomic E-state index is 12.5. The molecule has 1 aliphatic heterocycles. The molecule has 0 bridgehead atoms. The fourth-order valence-corrected chi connectivity index (χ4v) is 2.91. The fourth-order valence-electron chi connectivity index (χ4n) is 2.91. The van der Waals surface area contributed by atoms with Gasteiger partial charge >= 0.3 is 6.03 Å². The molecular formula is C16H28N4O2. The Morgan fingerprint density at radius 3 is 3.00 bits per heavy atom. The lowest BCUT2D eigenvalue weighted by atomic mass is 9.98. The van der Waals surface area contributed by atoms with Crippen molar-refractivity contribution in [2.75, 3.05) is 25.6 Å². The number of methoxy groups -OCH3 is 1. The summed E-state index contributed by atoms with van der Waals surface area (Å²) in [5.74, 6) is 0. The second kappa shape index (κ2) is 8.17. The number of rotatable bonds is 6. The molecule has 124 valence electrons. The molecule has 22 heavy (non-hydrogen) atoms. The van der Waals surface area contributed by atoms with E-state index in [1.54, 1.807) is 13.3 Å². The zero-order valence-electron chi connectivity index (χ0n) is 13.9. The van der Waals surface area contributed by atoms with Gasteiger partial charge in [-0.15, -0.1) is 0 Å². The van der Waals surface area contributed by atoms with Crippen LogP contribution in [0.3, 0.4) is 0 Å². The van der Waals surface area contributed by atoms with Gasteiger partial charge in [0.05, 0.1) is 11.9 Å². The quantitative estimate of drug-likeness (QED) is 0.820. The molecule has 1 atom stereocenters. The smallest absolute Gasteiger partial charge is 0.322 e. The van der Waals surface area contributed by atoms with E-state index in [-0.39, 0.29) is 6.03 Å². The lowest BCUT2D eigenvalue weighted by Gasteiger charge is -2.35. The zero-order chi connectivity index (χ0) is 15.9. The lowest BCUT2D eigenvalue weighted by Crippen LogP contribution is -2.45. The predicted molar refractivity (Wildman–Crippen MR) is 87.1 cm³/mol. The number of likely N-dealkylation sites (tertiary alicyclic amines) is 1. The van der Waals surface area contributed by atoms with Crippen LogP contribution in [0.4, 0.5) is 10.5 Å². The third-order valence-electron chi connectivity index (χ3n) is 4.16. The topological polar surface area (TPSA) is 59.4 Å². The Labute approximate surface area is 132 Å². The minimum Gasteiger partial charge on any atom is -0.385 e. The molecule has 0 radical (unpaired) electrons. The third-order valence-corrected chi connectivity index (χ3v) is 4.16. The van der Waals surface area contributed by atoms with E-state index >= 15 is 0 Å². The molecule has 1 aliphatic rings. The summed E-state index contributed by atoms with van der Waals surface area (Å²) < 4.78 is 6.97. The molecule has 2 amide bonds. The van der Waals surface area contributed by atoms with Crippen LogP contribution in [-0.2, 0) is 4.74 Å². The summed E-state index contributed by atoms with van der Waals surface area (Å²) in [6.07, 6.45) is 8.96. The highest BCUT2D eigenvalue weighted by Crippen LogP contribution is 2.22. The van der Waals surface area contributed by atoms with Crippen LogP contribution in [0.15, 0.2) is 12.4 Å². The van der Waals surface area contributed by atoms with Crippen LogP contribution < -0.4 is 5.32 Å². The number of anilines is 1. The molecule has 2 heterocycles. The van der Waals surface area contributed by atoms with Crippen molar-refractivity contribution in [2.24, 2.45) is 0 Å². The van der Waals surface area contributed by atoms with Gasteiger partial charge in [0.25, 0.3) is 0 Å². The Hall–Kier alpha value is -1.56. The van der Waals surface area contributed by atoms with E-state index in [1.165, 1.54) is 6.42 Å². The number of amides is 2. The van der Waals surface area contributed by atoms with Gasteiger partial charge < -0.3 is 15.0 Å². The number of nitrogens with zero attached hydrogens (tertiary/aromatic N) is 3. The van der Waals surface area contributed by atoms with Crippen molar-refractivity contribution in [3.63, 3.8) is 0 Å². The first-order valence-electron chi connectivity index (χ1n) is 8.22. The van der Waals surface area contributed by atoms with Crippen LogP contribution >= 0.6 is 0 Å². The Morgan fingerprint density at radius 2 is 2.32 bits per heavy atom. The van der Waals surface area contributed by atoms with E-state index in [1.807, 2.05) is 15.8 Å². The number of nitrogens with one attached hydrogen (secondary N) is 1. The van der Waals surface area contributed by atoms with Gasteiger partial charge in [0, 0.05) is 38.5 Å². The first kappa shape index (κ1) is 16.8. The molecule has 0 aromatic carbocycles. The highest BCUT2D eigenvalue weighted by molar-refractivity contribution is 5.89. The van der Waals surface area contributed by atoms with E-state index in [0.717, 1.165) is 44.5 Å². The lowest BCUT2D eigenvalue weighted by molar-refractivity contribution is 0.141. The molecule has 2 rings (SSSR count). The number of hydrogen-bond acceptors (Lipinski definition) is 3. The molecule has 0 aliphatic carbocycles. The second-order valence-electron chi connectivity index (χ2n) is 6.21. The fraction of sp³-hybridized carbons (Fsp3) is 0.750. The Morgan fingerprint density at radius 1 is 1.50 bits per heavy atom. The SMILES string of the molecule is COCCCC1CCCCN1C(=O)Nc1cnn(C(C)C)c1. The van der Waals surface area contributed by atoms with Crippen molar-refractivity contribution in [2.45, 2.75) is 58.0 Å². The van der Waals surface area contributed by atoms with Gasteiger partial charge in [-0.2, -0.15) is 5.10 Å². The first-order chi connectivity index (χ1) is 10.6. The van der Waals surface area contributed by atoms with Gasteiger partial charge in [0.15, 0.2) is 0 Å². The van der Waals surface area contributed by atoms with Crippen molar-refractivity contribution in [1.29, 1.82) is 0 Å². The van der Waals surface area contributed by atoms with Crippen LogP contribution in [0.2, 0.25) is 0 Å². The highest BCUT2D eigenvalue weighted by Gasteiger charge is 2.26. The number of carbonyl (C=O) groups excluding carboxylic acids is 1. The molecule has 1 fully saturated rings. The van der Waals surface area contributed by atoms with Crippen molar-refractivity contribution in [3.05, 3.63) is 12.4 Å². The number of ether oxygens (including phenoxy) is 1. The van der Waals surface area contributed by atoms with Crippen LogP contribution in [-0.4, -0.2) is 47.0 Å². The van der Waals surface area contributed by atoms with Crippen molar-refractivity contribution in [3.8, 4) is 0 Å².